The molecule has 3 nitrogen and oxygen atoms in total. The van der Waals surface area contributed by atoms with Crippen molar-refractivity contribution >= 4 is 0 Å². The predicted octanol–water partition coefficient (Wildman–Crippen LogP) is 3.15. The molecule has 0 fully saturated rings. The first-order valence-corrected chi connectivity index (χ1v) is 6.65. The van der Waals surface area contributed by atoms with E-state index in [2.05, 4.69) is 13.8 Å². The molecule has 1 unspecified atom stereocenters. The molecule has 0 heterocycles. The zero-order valence-corrected chi connectivity index (χ0v) is 12.2. The normalized spacial score (nSPS) is 12.6. The Morgan fingerprint density at radius 1 is 1.16 bits per heavy atom. The van der Waals surface area contributed by atoms with E-state index in [0.29, 0.717) is 29.4 Å². The van der Waals surface area contributed by atoms with Gasteiger partial charge in [0, 0.05) is 12.1 Å². The van der Waals surface area contributed by atoms with Crippen molar-refractivity contribution in [2.24, 2.45) is 11.7 Å². The zero-order chi connectivity index (χ0) is 14.4. The van der Waals surface area contributed by atoms with Crippen LogP contribution in [0.4, 0.5) is 4.39 Å². The van der Waals surface area contributed by atoms with Crippen molar-refractivity contribution in [2.45, 2.75) is 39.2 Å². The fraction of sp³-hybridized carbons (Fsp3) is 0.600. The van der Waals surface area contributed by atoms with Crippen LogP contribution in [0.25, 0.3) is 0 Å². The van der Waals surface area contributed by atoms with Crippen molar-refractivity contribution in [3.05, 3.63) is 23.5 Å². The molecule has 0 aliphatic rings. The summed E-state index contributed by atoms with van der Waals surface area (Å²) in [5, 5.41) is 0. The number of ether oxygens (including phenoxy) is 2. The summed E-state index contributed by atoms with van der Waals surface area (Å²) >= 11 is 0. The maximum absolute atomic E-state index is 13.9. The molecular formula is C15H24FNO2. The Balaban J connectivity index is 2.68. The fourth-order valence-electron chi connectivity index (χ4n) is 1.95. The van der Waals surface area contributed by atoms with E-state index in [1.54, 1.807) is 13.2 Å². The van der Waals surface area contributed by atoms with Crippen LogP contribution < -0.4 is 15.2 Å². The highest BCUT2D eigenvalue weighted by Crippen LogP contribution is 2.30. The summed E-state index contributed by atoms with van der Waals surface area (Å²) in [6.45, 7) is 4.20. The van der Waals surface area contributed by atoms with Crippen LogP contribution in [0.1, 0.15) is 32.3 Å². The van der Waals surface area contributed by atoms with Crippen LogP contribution in [0.3, 0.4) is 0 Å². The van der Waals surface area contributed by atoms with Gasteiger partial charge in [0.2, 0.25) is 0 Å². The topological polar surface area (TPSA) is 44.5 Å². The van der Waals surface area contributed by atoms with Gasteiger partial charge in [-0.2, -0.15) is 0 Å². The Morgan fingerprint density at radius 2 is 1.74 bits per heavy atom. The van der Waals surface area contributed by atoms with Gasteiger partial charge in [0.1, 0.15) is 5.82 Å². The van der Waals surface area contributed by atoms with E-state index in [-0.39, 0.29) is 11.9 Å². The summed E-state index contributed by atoms with van der Waals surface area (Å²) in [4.78, 5) is 0. The van der Waals surface area contributed by atoms with Crippen LogP contribution in [-0.2, 0) is 6.42 Å². The average molecular weight is 269 g/mol. The molecule has 1 aromatic carbocycles. The molecule has 0 bridgehead atoms. The number of aryl methyl sites for hydroxylation is 1. The number of hydrogen-bond acceptors (Lipinski definition) is 3. The van der Waals surface area contributed by atoms with Gasteiger partial charge in [-0.05, 0) is 36.8 Å². The Bertz CT molecular complexity index is 407. The van der Waals surface area contributed by atoms with E-state index in [1.807, 2.05) is 0 Å². The van der Waals surface area contributed by atoms with Gasteiger partial charge in [0.15, 0.2) is 11.5 Å². The van der Waals surface area contributed by atoms with E-state index in [4.69, 9.17) is 15.2 Å². The van der Waals surface area contributed by atoms with Crippen LogP contribution in [0.15, 0.2) is 12.1 Å². The molecule has 0 aromatic heterocycles. The Morgan fingerprint density at radius 3 is 2.26 bits per heavy atom. The van der Waals surface area contributed by atoms with Crippen molar-refractivity contribution in [1.29, 1.82) is 0 Å². The molecule has 0 radical (unpaired) electrons. The van der Waals surface area contributed by atoms with Gasteiger partial charge >= 0.3 is 0 Å². The quantitative estimate of drug-likeness (QED) is 0.827. The first-order valence-electron chi connectivity index (χ1n) is 6.65. The fourth-order valence-corrected chi connectivity index (χ4v) is 1.95. The van der Waals surface area contributed by atoms with Gasteiger partial charge in [-0.3, -0.25) is 0 Å². The summed E-state index contributed by atoms with van der Waals surface area (Å²) in [7, 11) is 3.05. The number of hydrogen-bond donors (Lipinski definition) is 1. The molecule has 0 aliphatic carbocycles. The van der Waals surface area contributed by atoms with Crippen molar-refractivity contribution in [3.63, 3.8) is 0 Å². The second-order valence-electron chi connectivity index (χ2n) is 5.10. The van der Waals surface area contributed by atoms with Gasteiger partial charge in [0.25, 0.3) is 0 Å². The molecular weight excluding hydrogens is 245 g/mol. The average Bonchev–Trinajstić information content (AvgIpc) is 2.39. The van der Waals surface area contributed by atoms with Crippen LogP contribution in [0.5, 0.6) is 11.5 Å². The minimum Gasteiger partial charge on any atom is -0.493 e. The van der Waals surface area contributed by atoms with Gasteiger partial charge in [-0.15, -0.1) is 0 Å². The monoisotopic (exact) mass is 269 g/mol. The maximum Gasteiger partial charge on any atom is 0.163 e. The summed E-state index contributed by atoms with van der Waals surface area (Å²) in [6, 6.07) is 3.24. The molecule has 0 saturated carbocycles. The number of benzene rings is 1. The van der Waals surface area contributed by atoms with Crippen LogP contribution in [0, 0.1) is 11.7 Å². The van der Waals surface area contributed by atoms with E-state index in [9.17, 15) is 4.39 Å². The van der Waals surface area contributed by atoms with Crippen molar-refractivity contribution in [1.82, 2.24) is 0 Å². The molecule has 108 valence electrons. The third kappa shape index (κ3) is 4.39. The minimum atomic E-state index is -0.254. The number of methoxy groups -OCH3 is 2. The first-order chi connectivity index (χ1) is 8.99. The molecule has 0 aliphatic heterocycles. The lowest BCUT2D eigenvalue weighted by Crippen LogP contribution is -2.26. The van der Waals surface area contributed by atoms with Crippen molar-refractivity contribution < 1.29 is 13.9 Å². The van der Waals surface area contributed by atoms with Gasteiger partial charge < -0.3 is 15.2 Å². The molecule has 0 saturated heterocycles. The Labute approximate surface area is 114 Å². The van der Waals surface area contributed by atoms with Crippen molar-refractivity contribution in [3.8, 4) is 11.5 Å². The molecule has 1 rings (SSSR count). The standard InChI is InChI=1S/C15H24FNO2/c1-10(2)13(17)7-5-6-11-8-14(18-3)15(19-4)9-12(11)16/h8-10,13H,5-7,17H2,1-4H3. The van der Waals surface area contributed by atoms with Crippen LogP contribution >= 0.6 is 0 Å². The second kappa shape index (κ2) is 7.34. The number of halogens is 1. The molecule has 4 heteroatoms. The highest BCUT2D eigenvalue weighted by Gasteiger charge is 2.12. The van der Waals surface area contributed by atoms with E-state index >= 15 is 0 Å². The summed E-state index contributed by atoms with van der Waals surface area (Å²) in [5.74, 6) is 1.18. The number of nitrogens with two attached hydrogens (primary N) is 1. The first kappa shape index (κ1) is 15.8. The molecule has 1 atom stereocenters. The summed E-state index contributed by atoms with van der Waals surface area (Å²) in [5.41, 5.74) is 6.63. The lowest BCUT2D eigenvalue weighted by Gasteiger charge is -2.15. The maximum atomic E-state index is 13.9. The van der Waals surface area contributed by atoms with E-state index in [1.165, 1.54) is 13.2 Å². The van der Waals surface area contributed by atoms with Gasteiger partial charge in [-0.25, -0.2) is 4.39 Å². The highest BCUT2D eigenvalue weighted by atomic mass is 19.1. The molecule has 0 spiro atoms. The highest BCUT2D eigenvalue weighted by molar-refractivity contribution is 5.43. The smallest absolute Gasteiger partial charge is 0.163 e. The lowest BCUT2D eigenvalue weighted by molar-refractivity contribution is 0.351. The Hall–Kier alpha value is -1.29. The zero-order valence-electron chi connectivity index (χ0n) is 12.2. The van der Waals surface area contributed by atoms with Gasteiger partial charge in [0.05, 0.1) is 14.2 Å². The van der Waals surface area contributed by atoms with E-state index in [0.717, 1.165) is 12.8 Å². The molecule has 1 aromatic rings. The van der Waals surface area contributed by atoms with Crippen molar-refractivity contribution in [2.75, 3.05) is 14.2 Å². The second-order valence-corrected chi connectivity index (χ2v) is 5.10. The SMILES string of the molecule is COc1cc(F)c(CCCC(N)C(C)C)cc1OC. The lowest BCUT2D eigenvalue weighted by atomic mass is 9.97. The third-order valence-corrected chi connectivity index (χ3v) is 3.39. The van der Waals surface area contributed by atoms with Crippen LogP contribution in [0.2, 0.25) is 0 Å². The van der Waals surface area contributed by atoms with Crippen LogP contribution in [-0.4, -0.2) is 20.3 Å². The predicted molar refractivity (Wildman–Crippen MR) is 75.3 cm³/mol. The third-order valence-electron chi connectivity index (χ3n) is 3.39. The molecule has 19 heavy (non-hydrogen) atoms. The number of rotatable bonds is 7. The minimum absolute atomic E-state index is 0.170. The molecule has 0 amide bonds. The summed E-state index contributed by atoms with van der Waals surface area (Å²) < 4.78 is 24.1. The largest absolute Gasteiger partial charge is 0.493 e. The molecule has 2 N–H and O–H groups in total. The van der Waals surface area contributed by atoms with Gasteiger partial charge in [-0.1, -0.05) is 13.8 Å². The Kier molecular flexibility index (Phi) is 6.09. The summed E-state index contributed by atoms with van der Waals surface area (Å²) in [6.07, 6.45) is 2.42. The van der Waals surface area contributed by atoms with E-state index < -0.39 is 0 Å².